The van der Waals surface area contributed by atoms with E-state index in [9.17, 15) is 18.8 Å². The van der Waals surface area contributed by atoms with Crippen LogP contribution in [0.2, 0.25) is 5.02 Å². The fourth-order valence-electron chi connectivity index (χ4n) is 5.03. The van der Waals surface area contributed by atoms with Gasteiger partial charge >= 0.3 is 5.97 Å². The molecule has 1 aromatic heterocycles. The number of carbonyl (C=O) groups is 3. The van der Waals surface area contributed by atoms with Gasteiger partial charge in [0.1, 0.15) is 24.2 Å². The van der Waals surface area contributed by atoms with E-state index in [-0.39, 0.29) is 22.9 Å². The second kappa shape index (κ2) is 11.7. The number of aromatic nitrogens is 1. The minimum absolute atomic E-state index is 0.0219. The Bertz CT molecular complexity index is 1550. The van der Waals surface area contributed by atoms with Gasteiger partial charge in [-0.05, 0) is 59.4 Å². The Morgan fingerprint density at radius 2 is 1.73 bits per heavy atom. The third kappa shape index (κ3) is 5.58. The molecule has 0 spiro atoms. The molecule has 4 aromatic rings. The third-order valence-electron chi connectivity index (χ3n) is 6.89. The predicted molar refractivity (Wildman–Crippen MR) is 147 cm³/mol. The second-order valence-electron chi connectivity index (χ2n) is 9.43. The zero-order valence-corrected chi connectivity index (χ0v) is 22.1. The first-order chi connectivity index (χ1) is 19.3. The van der Waals surface area contributed by atoms with E-state index in [1.54, 1.807) is 36.4 Å². The Morgan fingerprint density at radius 1 is 1.02 bits per heavy atom. The smallest absolute Gasteiger partial charge is 0.357 e. The average molecular weight is 558 g/mol. The summed E-state index contributed by atoms with van der Waals surface area (Å²) < 4.78 is 20.1. The molecule has 40 heavy (non-hydrogen) atoms. The van der Waals surface area contributed by atoms with Crippen molar-refractivity contribution in [3.63, 3.8) is 0 Å². The maximum Gasteiger partial charge on any atom is 0.357 e. The van der Waals surface area contributed by atoms with E-state index in [0.717, 1.165) is 5.56 Å². The molecule has 0 fully saturated rings. The van der Waals surface area contributed by atoms with Crippen LogP contribution in [-0.2, 0) is 22.6 Å². The first-order valence-corrected chi connectivity index (χ1v) is 13.0. The van der Waals surface area contributed by atoms with Crippen LogP contribution < -0.4 is 5.73 Å². The van der Waals surface area contributed by atoms with E-state index >= 15 is 0 Å². The first kappa shape index (κ1) is 27.0. The summed E-state index contributed by atoms with van der Waals surface area (Å²) in [5, 5.41) is 0.186. The highest BCUT2D eigenvalue weighted by Crippen LogP contribution is 2.43. The van der Waals surface area contributed by atoms with E-state index in [2.05, 4.69) is 4.98 Å². The molecule has 2 N–H and O–H groups in total. The molecule has 0 radical (unpaired) electrons. The number of hydrogen-bond acceptors (Lipinski definition) is 5. The molecule has 1 unspecified atom stereocenters. The summed E-state index contributed by atoms with van der Waals surface area (Å²) >= 11 is 6.18. The zero-order chi connectivity index (χ0) is 28.2. The lowest BCUT2D eigenvalue weighted by molar-refractivity contribution is -0.123. The number of carbonyl (C=O) groups excluding carboxylic acids is 3. The third-order valence-corrected chi connectivity index (χ3v) is 7.11. The van der Waals surface area contributed by atoms with E-state index in [0.29, 0.717) is 29.5 Å². The van der Waals surface area contributed by atoms with Crippen molar-refractivity contribution in [2.45, 2.75) is 31.5 Å². The van der Waals surface area contributed by atoms with Crippen LogP contribution in [0.3, 0.4) is 0 Å². The van der Waals surface area contributed by atoms with Gasteiger partial charge in [-0.3, -0.25) is 9.59 Å². The van der Waals surface area contributed by atoms with Crippen molar-refractivity contribution < 1.29 is 23.5 Å². The molecule has 2 atom stereocenters. The number of benzene rings is 3. The van der Waals surface area contributed by atoms with Crippen molar-refractivity contribution in [1.82, 2.24) is 9.88 Å². The molecular weight excluding hydrogens is 533 g/mol. The standard InChI is InChI=1S/C31H25ClFN3O4/c32-22-15-24-23(25(33)16-22)12-14-27(24)36(28(29(34)37)20-9-5-2-6-10-20)30(38)21-11-13-26(35-17-21)31(39)40-18-19-7-3-1-4-8-19/h1-11,13,15-17,27-28H,12,14,18H2,(H2,34,37)/t27-,28?/m1/s1. The predicted octanol–water partition coefficient (Wildman–Crippen LogP) is 5.59. The van der Waals surface area contributed by atoms with E-state index in [4.69, 9.17) is 22.1 Å². The Balaban J connectivity index is 1.47. The maximum atomic E-state index is 14.8. The van der Waals surface area contributed by atoms with Crippen LogP contribution in [0.15, 0.2) is 91.1 Å². The van der Waals surface area contributed by atoms with Gasteiger partial charge in [-0.2, -0.15) is 0 Å². The second-order valence-corrected chi connectivity index (χ2v) is 9.87. The van der Waals surface area contributed by atoms with Gasteiger partial charge in [-0.1, -0.05) is 72.3 Å². The van der Waals surface area contributed by atoms with Crippen LogP contribution in [0.5, 0.6) is 0 Å². The average Bonchev–Trinajstić information content (AvgIpc) is 3.38. The number of esters is 1. The number of halogens is 2. The number of pyridine rings is 1. The molecule has 3 aromatic carbocycles. The SMILES string of the molecule is NC(=O)C(c1ccccc1)N(C(=O)c1ccc(C(=O)OCc2ccccc2)nc1)[C@@H]1CCc2c(F)cc(Cl)cc21. The van der Waals surface area contributed by atoms with Crippen LogP contribution in [0.25, 0.3) is 0 Å². The van der Waals surface area contributed by atoms with Crippen molar-refractivity contribution in [3.8, 4) is 0 Å². The highest BCUT2D eigenvalue weighted by atomic mass is 35.5. The summed E-state index contributed by atoms with van der Waals surface area (Å²) in [6.45, 7) is 0.0768. The summed E-state index contributed by atoms with van der Waals surface area (Å²) in [6, 6.07) is 21.7. The fourth-order valence-corrected chi connectivity index (χ4v) is 5.25. The molecule has 7 nitrogen and oxygen atoms in total. The number of rotatable bonds is 8. The van der Waals surface area contributed by atoms with Gasteiger partial charge in [-0.25, -0.2) is 14.2 Å². The summed E-state index contributed by atoms with van der Waals surface area (Å²) in [7, 11) is 0. The Hall–Kier alpha value is -4.56. The topological polar surface area (TPSA) is 103 Å². The molecule has 9 heteroatoms. The highest BCUT2D eigenvalue weighted by molar-refractivity contribution is 6.30. The lowest BCUT2D eigenvalue weighted by atomic mass is 9.98. The molecule has 5 rings (SSSR count). The van der Waals surface area contributed by atoms with Crippen molar-refractivity contribution in [2.75, 3.05) is 0 Å². The minimum Gasteiger partial charge on any atom is -0.456 e. The van der Waals surface area contributed by atoms with E-state index < -0.39 is 35.7 Å². The van der Waals surface area contributed by atoms with E-state index in [1.807, 2.05) is 30.3 Å². The van der Waals surface area contributed by atoms with Gasteiger partial charge in [0, 0.05) is 11.2 Å². The van der Waals surface area contributed by atoms with Crippen molar-refractivity contribution in [1.29, 1.82) is 0 Å². The van der Waals surface area contributed by atoms with Crippen molar-refractivity contribution >= 4 is 29.4 Å². The molecular formula is C31H25ClFN3O4. The molecule has 1 aliphatic rings. The summed E-state index contributed by atoms with van der Waals surface area (Å²) in [6.07, 6.45) is 1.98. The van der Waals surface area contributed by atoms with Gasteiger partial charge in [0.05, 0.1) is 11.6 Å². The number of amides is 2. The van der Waals surface area contributed by atoms with Gasteiger partial charge in [-0.15, -0.1) is 0 Å². The number of nitrogens with two attached hydrogens (primary N) is 1. The van der Waals surface area contributed by atoms with Crippen LogP contribution >= 0.6 is 11.6 Å². The number of nitrogens with zero attached hydrogens (tertiary/aromatic N) is 2. The van der Waals surface area contributed by atoms with Crippen molar-refractivity contribution in [3.05, 3.63) is 135 Å². The van der Waals surface area contributed by atoms with Gasteiger partial charge in [0.25, 0.3) is 5.91 Å². The number of fused-ring (bicyclic) bond motifs is 1. The normalized spacial score (nSPS) is 14.7. The molecule has 0 bridgehead atoms. The summed E-state index contributed by atoms with van der Waals surface area (Å²) in [5.41, 5.74) is 8.31. The largest absolute Gasteiger partial charge is 0.456 e. The molecule has 1 heterocycles. The molecule has 202 valence electrons. The molecule has 2 amide bonds. The lowest BCUT2D eigenvalue weighted by Crippen LogP contribution is -2.43. The monoisotopic (exact) mass is 557 g/mol. The Morgan fingerprint density at radius 3 is 2.38 bits per heavy atom. The van der Waals surface area contributed by atoms with Crippen LogP contribution in [-0.4, -0.2) is 27.7 Å². The summed E-state index contributed by atoms with van der Waals surface area (Å²) in [5.74, 6) is -2.41. The quantitative estimate of drug-likeness (QED) is 0.285. The number of primary amides is 1. The molecule has 0 saturated heterocycles. The summed E-state index contributed by atoms with van der Waals surface area (Å²) in [4.78, 5) is 45.0. The number of hydrogen-bond donors (Lipinski definition) is 1. The van der Waals surface area contributed by atoms with Crippen LogP contribution in [0.1, 0.15) is 61.6 Å². The molecule has 0 saturated carbocycles. The highest BCUT2D eigenvalue weighted by Gasteiger charge is 2.40. The maximum absolute atomic E-state index is 14.8. The zero-order valence-electron chi connectivity index (χ0n) is 21.3. The fraction of sp³-hybridized carbons (Fsp3) is 0.161. The molecule has 1 aliphatic carbocycles. The van der Waals surface area contributed by atoms with Crippen LogP contribution in [0, 0.1) is 5.82 Å². The van der Waals surface area contributed by atoms with Crippen LogP contribution in [0.4, 0.5) is 4.39 Å². The first-order valence-electron chi connectivity index (χ1n) is 12.7. The minimum atomic E-state index is -1.15. The number of ether oxygens (including phenoxy) is 1. The Labute approximate surface area is 235 Å². The van der Waals surface area contributed by atoms with Crippen molar-refractivity contribution in [2.24, 2.45) is 5.73 Å². The van der Waals surface area contributed by atoms with Gasteiger partial charge in [0.2, 0.25) is 5.91 Å². The molecule has 0 aliphatic heterocycles. The lowest BCUT2D eigenvalue weighted by Gasteiger charge is -2.36. The van der Waals surface area contributed by atoms with Gasteiger partial charge in [0.15, 0.2) is 0 Å². The Kier molecular flexibility index (Phi) is 7.89. The van der Waals surface area contributed by atoms with E-state index in [1.165, 1.54) is 29.3 Å². The van der Waals surface area contributed by atoms with Gasteiger partial charge < -0.3 is 15.4 Å².